The fourth-order valence-electron chi connectivity index (χ4n) is 2.65. The van der Waals surface area contributed by atoms with Crippen LogP contribution in [-0.4, -0.2) is 30.7 Å². The van der Waals surface area contributed by atoms with E-state index in [-0.39, 0.29) is 11.2 Å². The Bertz CT molecular complexity index is 930. The standard InChI is InChI=1S/C18H21N5OS/c1-10-7-6-8-11(2)15(10)20-16(24)14(5)25-18-21-17-19-12(3)9-13(4)23(17)22-18/h6-9,14H,1-5H3,(H,20,24). The molecule has 130 valence electrons. The van der Waals surface area contributed by atoms with Crippen molar-refractivity contribution < 1.29 is 4.79 Å². The second-order valence-corrected chi connectivity index (χ2v) is 7.47. The summed E-state index contributed by atoms with van der Waals surface area (Å²) in [5.41, 5.74) is 4.83. The summed E-state index contributed by atoms with van der Waals surface area (Å²) in [5, 5.41) is 7.68. The first-order valence-corrected chi connectivity index (χ1v) is 8.98. The van der Waals surface area contributed by atoms with Crippen LogP contribution in [0, 0.1) is 27.7 Å². The fraction of sp³-hybridized carbons (Fsp3) is 0.333. The third kappa shape index (κ3) is 3.66. The van der Waals surface area contributed by atoms with Crippen LogP contribution in [0.3, 0.4) is 0 Å². The maximum Gasteiger partial charge on any atom is 0.253 e. The van der Waals surface area contributed by atoms with E-state index in [0.717, 1.165) is 28.2 Å². The minimum atomic E-state index is -0.321. The molecule has 0 bridgehead atoms. The molecule has 25 heavy (non-hydrogen) atoms. The number of aromatic nitrogens is 4. The fourth-order valence-corrected chi connectivity index (χ4v) is 3.39. The van der Waals surface area contributed by atoms with E-state index in [4.69, 9.17) is 0 Å². The first-order valence-electron chi connectivity index (χ1n) is 8.10. The van der Waals surface area contributed by atoms with Gasteiger partial charge in [-0.2, -0.15) is 4.98 Å². The highest BCUT2D eigenvalue weighted by Gasteiger charge is 2.19. The van der Waals surface area contributed by atoms with Crippen molar-refractivity contribution in [2.75, 3.05) is 5.32 Å². The summed E-state index contributed by atoms with van der Waals surface area (Å²) in [7, 11) is 0. The van der Waals surface area contributed by atoms with Crippen molar-refractivity contribution in [1.29, 1.82) is 0 Å². The minimum Gasteiger partial charge on any atom is -0.325 e. The predicted molar refractivity (Wildman–Crippen MR) is 100 cm³/mol. The van der Waals surface area contributed by atoms with Crippen LogP contribution in [0.5, 0.6) is 0 Å². The zero-order valence-corrected chi connectivity index (χ0v) is 15.8. The minimum absolute atomic E-state index is 0.0675. The summed E-state index contributed by atoms with van der Waals surface area (Å²) >= 11 is 1.33. The lowest BCUT2D eigenvalue weighted by Gasteiger charge is -2.14. The number of benzene rings is 1. The van der Waals surface area contributed by atoms with Crippen molar-refractivity contribution in [3.8, 4) is 0 Å². The number of hydrogen-bond acceptors (Lipinski definition) is 5. The number of anilines is 1. The second-order valence-electron chi connectivity index (χ2n) is 6.16. The molecule has 7 heteroatoms. The van der Waals surface area contributed by atoms with E-state index in [0.29, 0.717) is 10.9 Å². The van der Waals surface area contributed by atoms with Crippen molar-refractivity contribution in [3.05, 3.63) is 46.8 Å². The lowest BCUT2D eigenvalue weighted by molar-refractivity contribution is -0.115. The van der Waals surface area contributed by atoms with Gasteiger partial charge in [-0.3, -0.25) is 4.79 Å². The molecule has 3 aromatic rings. The average Bonchev–Trinajstić information content (AvgIpc) is 2.93. The molecular weight excluding hydrogens is 334 g/mol. The molecule has 3 rings (SSSR count). The molecule has 1 unspecified atom stereocenters. The summed E-state index contributed by atoms with van der Waals surface area (Å²) in [5.74, 6) is 0.490. The molecule has 1 atom stereocenters. The molecule has 0 aliphatic heterocycles. The van der Waals surface area contributed by atoms with Crippen LogP contribution >= 0.6 is 11.8 Å². The molecule has 0 fully saturated rings. The van der Waals surface area contributed by atoms with E-state index in [9.17, 15) is 4.79 Å². The Morgan fingerprint density at radius 3 is 2.52 bits per heavy atom. The van der Waals surface area contributed by atoms with Gasteiger partial charge < -0.3 is 5.32 Å². The van der Waals surface area contributed by atoms with Gasteiger partial charge in [0.1, 0.15) is 0 Å². The van der Waals surface area contributed by atoms with Crippen molar-refractivity contribution in [3.63, 3.8) is 0 Å². The molecule has 2 heterocycles. The Labute approximate surface area is 151 Å². The van der Waals surface area contributed by atoms with Crippen LogP contribution in [0.4, 0.5) is 5.69 Å². The van der Waals surface area contributed by atoms with Gasteiger partial charge in [0.2, 0.25) is 11.1 Å². The van der Waals surface area contributed by atoms with Crippen molar-refractivity contribution >= 4 is 29.1 Å². The molecule has 1 aromatic carbocycles. The third-order valence-corrected chi connectivity index (χ3v) is 4.93. The molecule has 0 saturated carbocycles. The van der Waals surface area contributed by atoms with Crippen LogP contribution in [-0.2, 0) is 4.79 Å². The van der Waals surface area contributed by atoms with Gasteiger partial charge >= 0.3 is 0 Å². The molecule has 0 spiro atoms. The quantitative estimate of drug-likeness (QED) is 0.726. The highest BCUT2D eigenvalue weighted by atomic mass is 32.2. The van der Waals surface area contributed by atoms with Crippen LogP contribution in [0.25, 0.3) is 5.78 Å². The summed E-state index contributed by atoms with van der Waals surface area (Å²) in [4.78, 5) is 21.3. The largest absolute Gasteiger partial charge is 0.325 e. The predicted octanol–water partition coefficient (Wildman–Crippen LogP) is 3.48. The van der Waals surface area contributed by atoms with Gasteiger partial charge in [-0.05, 0) is 51.8 Å². The van der Waals surface area contributed by atoms with Gasteiger partial charge in [0, 0.05) is 17.1 Å². The van der Waals surface area contributed by atoms with Crippen molar-refractivity contribution in [2.45, 2.75) is 45.0 Å². The molecule has 1 N–H and O–H groups in total. The SMILES string of the molecule is Cc1cc(C)n2nc(SC(C)C(=O)Nc3c(C)cccc3C)nc2n1. The lowest BCUT2D eigenvalue weighted by atomic mass is 10.1. The van der Waals surface area contributed by atoms with E-state index >= 15 is 0 Å². The Balaban J connectivity index is 1.76. The average molecular weight is 355 g/mol. The summed E-state index contributed by atoms with van der Waals surface area (Å²) < 4.78 is 1.70. The number of carbonyl (C=O) groups is 1. The third-order valence-electron chi connectivity index (χ3n) is 3.98. The highest BCUT2D eigenvalue weighted by molar-refractivity contribution is 8.00. The van der Waals surface area contributed by atoms with Crippen LogP contribution in [0.2, 0.25) is 0 Å². The molecule has 0 aliphatic rings. The monoisotopic (exact) mass is 355 g/mol. The summed E-state index contributed by atoms with van der Waals surface area (Å²) in [6, 6.07) is 7.91. The molecule has 6 nitrogen and oxygen atoms in total. The second kappa shape index (κ2) is 6.84. The Hall–Kier alpha value is -2.41. The smallest absolute Gasteiger partial charge is 0.253 e. The zero-order valence-electron chi connectivity index (χ0n) is 15.0. The first-order chi connectivity index (χ1) is 11.8. The lowest BCUT2D eigenvalue weighted by Crippen LogP contribution is -2.23. The molecule has 2 aromatic heterocycles. The van der Waals surface area contributed by atoms with Gasteiger partial charge in [-0.1, -0.05) is 30.0 Å². The van der Waals surface area contributed by atoms with Crippen LogP contribution in [0.1, 0.15) is 29.4 Å². The topological polar surface area (TPSA) is 72.2 Å². The van der Waals surface area contributed by atoms with E-state index in [2.05, 4.69) is 20.4 Å². The number of fused-ring (bicyclic) bond motifs is 1. The summed E-state index contributed by atoms with van der Waals surface area (Å²) in [6.07, 6.45) is 0. The molecule has 1 amide bonds. The summed E-state index contributed by atoms with van der Waals surface area (Å²) in [6.45, 7) is 9.71. The number of para-hydroxylation sites is 1. The van der Waals surface area contributed by atoms with Crippen LogP contribution < -0.4 is 5.32 Å². The van der Waals surface area contributed by atoms with Crippen LogP contribution in [0.15, 0.2) is 29.4 Å². The van der Waals surface area contributed by atoms with E-state index < -0.39 is 0 Å². The normalized spacial score (nSPS) is 12.4. The Morgan fingerprint density at radius 1 is 1.16 bits per heavy atom. The number of aryl methyl sites for hydroxylation is 4. The molecule has 0 aliphatic carbocycles. The van der Waals surface area contributed by atoms with Gasteiger partial charge in [0.15, 0.2) is 0 Å². The van der Waals surface area contributed by atoms with Crippen molar-refractivity contribution in [1.82, 2.24) is 19.6 Å². The maximum absolute atomic E-state index is 12.5. The number of thioether (sulfide) groups is 1. The molecular formula is C18H21N5OS. The number of rotatable bonds is 4. The van der Waals surface area contributed by atoms with E-state index in [1.807, 2.05) is 58.9 Å². The maximum atomic E-state index is 12.5. The Kier molecular flexibility index (Phi) is 4.76. The Morgan fingerprint density at radius 2 is 1.84 bits per heavy atom. The molecule has 0 radical (unpaired) electrons. The van der Waals surface area contributed by atoms with Gasteiger partial charge in [-0.25, -0.2) is 9.50 Å². The van der Waals surface area contributed by atoms with Gasteiger partial charge in [0.25, 0.3) is 5.78 Å². The number of carbonyl (C=O) groups excluding carboxylic acids is 1. The van der Waals surface area contributed by atoms with Gasteiger partial charge in [0.05, 0.1) is 5.25 Å². The van der Waals surface area contributed by atoms with E-state index in [1.165, 1.54) is 11.8 Å². The van der Waals surface area contributed by atoms with E-state index in [1.54, 1.807) is 4.52 Å². The van der Waals surface area contributed by atoms with Gasteiger partial charge in [-0.15, -0.1) is 5.10 Å². The molecule has 0 saturated heterocycles. The van der Waals surface area contributed by atoms with Crippen molar-refractivity contribution in [2.24, 2.45) is 0 Å². The number of nitrogens with one attached hydrogen (secondary N) is 1. The first kappa shape index (κ1) is 17.4. The number of nitrogens with zero attached hydrogens (tertiary/aromatic N) is 4. The zero-order chi connectivity index (χ0) is 18.1. The number of hydrogen-bond donors (Lipinski definition) is 1. The number of amides is 1. The highest BCUT2D eigenvalue weighted by Crippen LogP contribution is 2.24.